The molecule has 0 atom stereocenters. The second-order valence-electron chi connectivity index (χ2n) is 3.03. The first kappa shape index (κ1) is 10.1. The van der Waals surface area contributed by atoms with Crippen molar-refractivity contribution in [1.82, 2.24) is 4.98 Å². The summed E-state index contributed by atoms with van der Waals surface area (Å²) < 4.78 is 5.31. The van der Waals surface area contributed by atoms with Gasteiger partial charge in [-0.3, -0.25) is 0 Å². The van der Waals surface area contributed by atoms with Gasteiger partial charge in [-0.1, -0.05) is 12.1 Å². The normalized spacial score (nSPS) is 10.3. The fourth-order valence-corrected chi connectivity index (χ4v) is 2.32. The van der Waals surface area contributed by atoms with Gasteiger partial charge in [0.2, 0.25) is 0 Å². The largest absolute Gasteiger partial charge is 0.496 e. The van der Waals surface area contributed by atoms with E-state index in [1.807, 2.05) is 29.8 Å². The number of nitrogens with zero attached hydrogens (tertiary/aromatic N) is 1. The van der Waals surface area contributed by atoms with Crippen LogP contribution < -0.4 is 10.5 Å². The number of hydrogen-bond donors (Lipinski definition) is 1. The molecule has 0 unspecified atom stereocenters. The zero-order chi connectivity index (χ0) is 10.7. The number of thiazole rings is 1. The number of benzene rings is 1. The van der Waals surface area contributed by atoms with Crippen LogP contribution in [0.4, 0.5) is 0 Å². The minimum atomic E-state index is 0.455. The van der Waals surface area contributed by atoms with E-state index in [-0.39, 0.29) is 0 Å². The van der Waals surface area contributed by atoms with Crippen molar-refractivity contribution < 1.29 is 4.74 Å². The molecule has 4 heteroatoms. The first-order valence-electron chi connectivity index (χ1n) is 4.62. The summed E-state index contributed by atoms with van der Waals surface area (Å²) in [6.45, 7) is 0.455. The lowest BCUT2D eigenvalue weighted by Gasteiger charge is -2.06. The van der Waals surface area contributed by atoms with Crippen LogP contribution >= 0.6 is 11.3 Å². The highest BCUT2D eigenvalue weighted by molar-refractivity contribution is 7.13. The summed E-state index contributed by atoms with van der Waals surface area (Å²) in [4.78, 5) is 5.32. The number of ether oxygens (including phenoxy) is 1. The minimum absolute atomic E-state index is 0.455. The Hall–Kier alpha value is -1.39. The molecule has 0 aliphatic heterocycles. The smallest absolute Gasteiger partial charge is 0.127 e. The zero-order valence-corrected chi connectivity index (χ0v) is 9.25. The van der Waals surface area contributed by atoms with Gasteiger partial charge in [0.15, 0.2) is 0 Å². The Morgan fingerprint density at radius 1 is 1.40 bits per heavy atom. The van der Waals surface area contributed by atoms with Gasteiger partial charge in [0.05, 0.1) is 23.2 Å². The fraction of sp³-hybridized carbons (Fsp3) is 0.182. The van der Waals surface area contributed by atoms with Crippen LogP contribution in [0.5, 0.6) is 5.75 Å². The first-order chi connectivity index (χ1) is 7.36. The molecule has 0 aliphatic carbocycles. The summed E-state index contributed by atoms with van der Waals surface area (Å²) in [5.74, 6) is 0.858. The highest BCUT2D eigenvalue weighted by Crippen LogP contribution is 2.34. The fourth-order valence-electron chi connectivity index (χ4n) is 1.47. The van der Waals surface area contributed by atoms with E-state index in [9.17, 15) is 0 Å². The van der Waals surface area contributed by atoms with Crippen LogP contribution in [0.15, 0.2) is 29.8 Å². The Balaban J connectivity index is 2.53. The topological polar surface area (TPSA) is 48.1 Å². The number of nitrogens with two attached hydrogens (primary N) is 1. The van der Waals surface area contributed by atoms with E-state index in [0.29, 0.717) is 6.54 Å². The molecule has 0 fully saturated rings. The Labute approximate surface area is 92.5 Å². The second-order valence-corrected chi connectivity index (χ2v) is 3.89. The van der Waals surface area contributed by atoms with Crippen molar-refractivity contribution in [1.29, 1.82) is 0 Å². The van der Waals surface area contributed by atoms with Gasteiger partial charge in [-0.25, -0.2) is 4.98 Å². The third kappa shape index (κ3) is 1.86. The van der Waals surface area contributed by atoms with Crippen molar-refractivity contribution in [2.75, 3.05) is 7.11 Å². The molecule has 0 bridgehead atoms. The van der Waals surface area contributed by atoms with Gasteiger partial charge >= 0.3 is 0 Å². The van der Waals surface area contributed by atoms with Crippen molar-refractivity contribution in [3.63, 3.8) is 0 Å². The summed E-state index contributed by atoms with van der Waals surface area (Å²) in [5, 5.41) is 0. The van der Waals surface area contributed by atoms with Crippen LogP contribution in [0.3, 0.4) is 0 Å². The van der Waals surface area contributed by atoms with Crippen molar-refractivity contribution in [2.24, 2.45) is 5.73 Å². The van der Waals surface area contributed by atoms with Crippen LogP contribution in [0.1, 0.15) is 5.69 Å². The summed E-state index contributed by atoms with van der Waals surface area (Å²) >= 11 is 1.59. The highest BCUT2D eigenvalue weighted by Gasteiger charge is 2.11. The van der Waals surface area contributed by atoms with Gasteiger partial charge in [0, 0.05) is 12.1 Å². The quantitative estimate of drug-likeness (QED) is 0.863. The molecule has 15 heavy (non-hydrogen) atoms. The Kier molecular flexibility index (Phi) is 2.99. The van der Waals surface area contributed by atoms with Crippen LogP contribution in [-0.4, -0.2) is 12.1 Å². The molecule has 0 radical (unpaired) electrons. The van der Waals surface area contributed by atoms with Gasteiger partial charge in [0.25, 0.3) is 0 Å². The zero-order valence-electron chi connectivity index (χ0n) is 8.43. The SMILES string of the molecule is COc1ccccc1-c1scnc1CN. The van der Waals surface area contributed by atoms with E-state index in [2.05, 4.69) is 4.98 Å². The predicted octanol–water partition coefficient (Wildman–Crippen LogP) is 2.28. The monoisotopic (exact) mass is 220 g/mol. The third-order valence-electron chi connectivity index (χ3n) is 2.19. The molecule has 2 rings (SSSR count). The van der Waals surface area contributed by atoms with Crippen molar-refractivity contribution in [3.8, 4) is 16.2 Å². The minimum Gasteiger partial charge on any atom is -0.496 e. The number of rotatable bonds is 3. The highest BCUT2D eigenvalue weighted by atomic mass is 32.1. The van der Waals surface area contributed by atoms with E-state index < -0.39 is 0 Å². The van der Waals surface area contributed by atoms with Gasteiger partial charge in [0.1, 0.15) is 5.75 Å². The van der Waals surface area contributed by atoms with Gasteiger partial charge in [-0.05, 0) is 12.1 Å². The van der Waals surface area contributed by atoms with E-state index >= 15 is 0 Å². The number of hydrogen-bond acceptors (Lipinski definition) is 4. The van der Waals surface area contributed by atoms with Gasteiger partial charge in [-0.15, -0.1) is 11.3 Å². The van der Waals surface area contributed by atoms with E-state index in [1.54, 1.807) is 18.4 Å². The number of aromatic nitrogens is 1. The van der Waals surface area contributed by atoms with E-state index in [1.165, 1.54) is 0 Å². The lowest BCUT2D eigenvalue weighted by Crippen LogP contribution is -1.98. The molecule has 1 aromatic carbocycles. The van der Waals surface area contributed by atoms with Crippen LogP contribution in [-0.2, 0) is 6.54 Å². The average Bonchev–Trinajstić information content (AvgIpc) is 2.76. The lowest BCUT2D eigenvalue weighted by molar-refractivity contribution is 0.416. The maximum absolute atomic E-state index is 5.63. The molecule has 0 saturated heterocycles. The lowest BCUT2D eigenvalue weighted by atomic mass is 10.1. The molecular formula is C11H12N2OS. The van der Waals surface area contributed by atoms with Gasteiger partial charge < -0.3 is 10.5 Å². The molecule has 3 nitrogen and oxygen atoms in total. The van der Waals surface area contributed by atoms with Crippen molar-refractivity contribution in [3.05, 3.63) is 35.5 Å². The van der Waals surface area contributed by atoms with Crippen molar-refractivity contribution >= 4 is 11.3 Å². The summed E-state index contributed by atoms with van der Waals surface area (Å²) in [7, 11) is 1.67. The Bertz CT molecular complexity index is 453. The van der Waals surface area contributed by atoms with E-state index in [0.717, 1.165) is 21.9 Å². The van der Waals surface area contributed by atoms with Crippen LogP contribution in [0.2, 0.25) is 0 Å². The molecule has 0 saturated carbocycles. The predicted molar refractivity (Wildman–Crippen MR) is 62.0 cm³/mol. The van der Waals surface area contributed by atoms with Crippen LogP contribution in [0.25, 0.3) is 10.4 Å². The molecule has 2 aromatic rings. The van der Waals surface area contributed by atoms with Crippen LogP contribution in [0, 0.1) is 0 Å². The standard InChI is InChI=1S/C11H12N2OS/c1-14-10-5-3-2-4-8(10)11-9(6-12)13-7-15-11/h2-5,7H,6,12H2,1H3. The number of methoxy groups -OCH3 is 1. The first-order valence-corrected chi connectivity index (χ1v) is 5.50. The summed E-state index contributed by atoms with van der Waals surface area (Å²) in [6, 6.07) is 7.89. The molecule has 0 spiro atoms. The third-order valence-corrected chi connectivity index (χ3v) is 3.09. The van der Waals surface area contributed by atoms with Crippen molar-refractivity contribution in [2.45, 2.75) is 6.54 Å². The van der Waals surface area contributed by atoms with E-state index in [4.69, 9.17) is 10.5 Å². The Morgan fingerprint density at radius 2 is 2.20 bits per heavy atom. The summed E-state index contributed by atoms with van der Waals surface area (Å²) in [5.41, 5.74) is 9.42. The number of para-hydroxylation sites is 1. The second kappa shape index (κ2) is 4.42. The Morgan fingerprint density at radius 3 is 2.93 bits per heavy atom. The molecular weight excluding hydrogens is 208 g/mol. The molecule has 0 amide bonds. The van der Waals surface area contributed by atoms with Gasteiger partial charge in [-0.2, -0.15) is 0 Å². The molecule has 78 valence electrons. The maximum Gasteiger partial charge on any atom is 0.127 e. The maximum atomic E-state index is 5.63. The molecule has 2 N–H and O–H groups in total. The molecule has 1 heterocycles. The summed E-state index contributed by atoms with van der Waals surface area (Å²) in [6.07, 6.45) is 0. The molecule has 1 aromatic heterocycles. The molecule has 0 aliphatic rings. The average molecular weight is 220 g/mol.